The molecule has 6 heteroatoms. The highest BCUT2D eigenvalue weighted by Crippen LogP contribution is 2.37. The molecule has 1 amide bonds. The van der Waals surface area contributed by atoms with Crippen LogP contribution >= 0.6 is 0 Å². The van der Waals surface area contributed by atoms with E-state index in [1.807, 2.05) is 36.8 Å². The van der Waals surface area contributed by atoms with Gasteiger partial charge in [-0.2, -0.15) is 5.10 Å². The molecule has 1 aromatic carbocycles. The van der Waals surface area contributed by atoms with Crippen LogP contribution in [0.1, 0.15) is 29.3 Å². The van der Waals surface area contributed by atoms with Crippen LogP contribution in [0.5, 0.6) is 0 Å². The molecule has 1 saturated heterocycles. The number of carbonyl (C=O) groups excluding carboxylic acids is 1. The standard InChI is InChI=1S/C23H33N5O/c1-5-27-10-12-28(13-11-27)23(14-19-8-6-7-9-20(19)15-23)22(29)25(3)16-21-17-26(4)24-18(21)2/h6-9,17H,5,10-16H2,1-4H3. The highest BCUT2D eigenvalue weighted by Gasteiger charge is 2.50. The molecule has 1 fully saturated rings. The van der Waals surface area contributed by atoms with Gasteiger partial charge in [-0.25, -0.2) is 0 Å². The van der Waals surface area contributed by atoms with Crippen molar-refractivity contribution in [3.63, 3.8) is 0 Å². The third-order valence-corrected chi connectivity index (χ3v) is 6.78. The van der Waals surface area contributed by atoms with E-state index < -0.39 is 5.54 Å². The number of hydrogen-bond donors (Lipinski definition) is 0. The van der Waals surface area contributed by atoms with Crippen molar-refractivity contribution < 1.29 is 4.79 Å². The van der Waals surface area contributed by atoms with E-state index in [4.69, 9.17) is 0 Å². The van der Waals surface area contributed by atoms with Crippen LogP contribution < -0.4 is 0 Å². The van der Waals surface area contributed by atoms with E-state index in [-0.39, 0.29) is 5.91 Å². The summed E-state index contributed by atoms with van der Waals surface area (Å²) in [6.45, 7) is 9.88. The molecular weight excluding hydrogens is 362 g/mol. The van der Waals surface area contributed by atoms with Gasteiger partial charge in [0.25, 0.3) is 0 Å². The summed E-state index contributed by atoms with van der Waals surface area (Å²) in [5.41, 5.74) is 4.29. The van der Waals surface area contributed by atoms with Gasteiger partial charge in [-0.3, -0.25) is 14.4 Å². The number of carbonyl (C=O) groups is 1. The molecule has 0 radical (unpaired) electrons. The fraction of sp³-hybridized carbons (Fsp3) is 0.565. The molecule has 0 spiro atoms. The van der Waals surface area contributed by atoms with Gasteiger partial charge >= 0.3 is 0 Å². The molecular formula is C23H33N5O. The van der Waals surface area contributed by atoms with Crippen molar-refractivity contribution in [1.29, 1.82) is 0 Å². The highest BCUT2D eigenvalue weighted by atomic mass is 16.2. The number of benzene rings is 1. The first-order chi connectivity index (χ1) is 13.9. The van der Waals surface area contributed by atoms with Crippen LogP contribution in [0.2, 0.25) is 0 Å². The molecule has 0 bridgehead atoms. The minimum atomic E-state index is -0.464. The fourth-order valence-electron chi connectivity index (χ4n) is 5.08. The van der Waals surface area contributed by atoms with Crippen molar-refractivity contribution in [2.75, 3.05) is 39.8 Å². The molecule has 1 aliphatic carbocycles. The summed E-state index contributed by atoms with van der Waals surface area (Å²) >= 11 is 0. The number of aromatic nitrogens is 2. The minimum absolute atomic E-state index is 0.238. The first kappa shape index (κ1) is 20.1. The Morgan fingerprint density at radius 2 is 1.76 bits per heavy atom. The first-order valence-corrected chi connectivity index (χ1v) is 10.7. The normalized spacial score (nSPS) is 19.3. The number of rotatable bonds is 5. The van der Waals surface area contributed by atoms with Gasteiger partial charge < -0.3 is 9.80 Å². The molecule has 6 nitrogen and oxygen atoms in total. The smallest absolute Gasteiger partial charge is 0.243 e. The zero-order valence-corrected chi connectivity index (χ0v) is 18.2. The lowest BCUT2D eigenvalue weighted by molar-refractivity contribution is -0.145. The van der Waals surface area contributed by atoms with Crippen LogP contribution in [-0.2, 0) is 31.2 Å². The number of amides is 1. The van der Waals surface area contributed by atoms with Crippen molar-refractivity contribution in [2.24, 2.45) is 7.05 Å². The Hall–Kier alpha value is -2.18. The summed E-state index contributed by atoms with van der Waals surface area (Å²) in [5.74, 6) is 0.238. The van der Waals surface area contributed by atoms with Crippen molar-refractivity contribution in [3.8, 4) is 0 Å². The predicted octanol–water partition coefficient (Wildman–Crippen LogP) is 1.86. The van der Waals surface area contributed by atoms with Gasteiger partial charge in [0.2, 0.25) is 5.91 Å². The number of piperazine rings is 1. The molecule has 2 heterocycles. The average Bonchev–Trinajstić information content (AvgIpc) is 3.27. The van der Waals surface area contributed by atoms with E-state index >= 15 is 0 Å². The Labute approximate surface area is 174 Å². The molecule has 2 aliphatic rings. The topological polar surface area (TPSA) is 44.6 Å². The van der Waals surface area contributed by atoms with Gasteiger partial charge in [-0.15, -0.1) is 0 Å². The van der Waals surface area contributed by atoms with Gasteiger partial charge in [-0.05, 0) is 24.6 Å². The maximum Gasteiger partial charge on any atom is 0.243 e. The summed E-state index contributed by atoms with van der Waals surface area (Å²) in [6, 6.07) is 8.57. The van der Waals surface area contributed by atoms with E-state index in [1.165, 1.54) is 11.1 Å². The number of likely N-dealkylation sites (N-methyl/N-ethyl adjacent to an activating group) is 2. The molecule has 29 heavy (non-hydrogen) atoms. The fourth-order valence-corrected chi connectivity index (χ4v) is 5.08. The van der Waals surface area contributed by atoms with Crippen molar-refractivity contribution in [3.05, 3.63) is 52.8 Å². The second kappa shape index (κ2) is 7.92. The lowest BCUT2D eigenvalue weighted by Crippen LogP contribution is -2.64. The lowest BCUT2D eigenvalue weighted by Gasteiger charge is -2.46. The largest absolute Gasteiger partial charge is 0.340 e. The maximum absolute atomic E-state index is 14.0. The number of hydrogen-bond acceptors (Lipinski definition) is 4. The molecule has 0 N–H and O–H groups in total. The van der Waals surface area contributed by atoms with Gasteiger partial charge in [0, 0.05) is 71.4 Å². The predicted molar refractivity (Wildman–Crippen MR) is 115 cm³/mol. The summed E-state index contributed by atoms with van der Waals surface area (Å²) < 4.78 is 1.83. The van der Waals surface area contributed by atoms with E-state index in [0.29, 0.717) is 6.54 Å². The van der Waals surface area contributed by atoms with Gasteiger partial charge in [0.05, 0.1) is 5.69 Å². The number of nitrogens with zero attached hydrogens (tertiary/aromatic N) is 5. The second-order valence-electron chi connectivity index (χ2n) is 8.65. The molecule has 2 aromatic rings. The third-order valence-electron chi connectivity index (χ3n) is 6.78. The summed E-state index contributed by atoms with van der Waals surface area (Å²) in [4.78, 5) is 20.8. The van der Waals surface area contributed by atoms with Crippen LogP contribution in [-0.4, -0.2) is 75.7 Å². The molecule has 0 saturated carbocycles. The Morgan fingerprint density at radius 1 is 1.14 bits per heavy atom. The summed E-state index contributed by atoms with van der Waals surface area (Å²) in [6.07, 6.45) is 3.64. The van der Waals surface area contributed by atoms with Crippen LogP contribution in [0.4, 0.5) is 0 Å². The van der Waals surface area contributed by atoms with E-state index in [2.05, 4.69) is 46.1 Å². The maximum atomic E-state index is 14.0. The molecule has 1 aliphatic heterocycles. The van der Waals surface area contributed by atoms with Crippen LogP contribution in [0.15, 0.2) is 30.5 Å². The molecule has 0 atom stereocenters. The zero-order chi connectivity index (χ0) is 20.6. The van der Waals surface area contributed by atoms with Gasteiger partial charge in [0.1, 0.15) is 5.54 Å². The third kappa shape index (κ3) is 3.71. The van der Waals surface area contributed by atoms with Crippen LogP contribution in [0.25, 0.3) is 0 Å². The molecule has 4 rings (SSSR count). The first-order valence-electron chi connectivity index (χ1n) is 10.7. The van der Waals surface area contributed by atoms with Crippen molar-refractivity contribution in [1.82, 2.24) is 24.5 Å². The number of aryl methyl sites for hydroxylation is 2. The Morgan fingerprint density at radius 3 is 2.28 bits per heavy atom. The van der Waals surface area contributed by atoms with Crippen molar-refractivity contribution >= 4 is 5.91 Å². The number of fused-ring (bicyclic) bond motifs is 1. The zero-order valence-electron chi connectivity index (χ0n) is 18.2. The SMILES string of the molecule is CCN1CCN(C2(C(=O)N(C)Cc3cn(C)nc3C)Cc3ccccc3C2)CC1. The minimum Gasteiger partial charge on any atom is -0.340 e. The average molecular weight is 396 g/mol. The van der Waals surface area contributed by atoms with Crippen LogP contribution in [0, 0.1) is 6.92 Å². The Kier molecular flexibility index (Phi) is 5.49. The lowest BCUT2D eigenvalue weighted by atomic mass is 9.90. The molecule has 1 aromatic heterocycles. The van der Waals surface area contributed by atoms with Crippen molar-refractivity contribution in [2.45, 2.75) is 38.8 Å². The summed E-state index contributed by atoms with van der Waals surface area (Å²) in [5, 5.41) is 4.44. The van der Waals surface area contributed by atoms with E-state index in [1.54, 1.807) is 0 Å². The van der Waals surface area contributed by atoms with Crippen LogP contribution in [0.3, 0.4) is 0 Å². The van der Waals surface area contributed by atoms with Gasteiger partial charge in [0.15, 0.2) is 0 Å². The quantitative estimate of drug-likeness (QED) is 0.775. The van der Waals surface area contributed by atoms with E-state index in [9.17, 15) is 4.79 Å². The highest BCUT2D eigenvalue weighted by molar-refractivity contribution is 5.88. The molecule has 156 valence electrons. The second-order valence-corrected chi connectivity index (χ2v) is 8.65. The van der Waals surface area contributed by atoms with E-state index in [0.717, 1.165) is 56.8 Å². The van der Waals surface area contributed by atoms with Gasteiger partial charge in [-0.1, -0.05) is 31.2 Å². The monoisotopic (exact) mass is 395 g/mol. The summed E-state index contributed by atoms with van der Waals surface area (Å²) in [7, 11) is 3.88. The molecule has 0 unspecified atom stereocenters. The Bertz CT molecular complexity index is 856. The Balaban J connectivity index is 1.60.